The third kappa shape index (κ3) is 6.59. The lowest BCUT2D eigenvalue weighted by Crippen LogP contribution is -2.52. The number of likely N-dealkylation sites (N-methyl/N-ethyl adjacent to an activating group) is 1. The van der Waals surface area contributed by atoms with Gasteiger partial charge in [-0.25, -0.2) is 4.98 Å². The number of hydrogen-bond acceptors (Lipinski definition) is 12. The van der Waals surface area contributed by atoms with Gasteiger partial charge in [0.05, 0.1) is 39.5 Å². The fourth-order valence-electron chi connectivity index (χ4n) is 7.04. The normalized spacial score (nSPS) is 16.9. The Morgan fingerprint density at radius 2 is 1.71 bits per heavy atom. The average Bonchev–Trinajstić information content (AvgIpc) is 3.57. The number of aryl methyl sites for hydroxylation is 1. The molecule has 7 rings (SSSR count). The van der Waals surface area contributed by atoms with Gasteiger partial charge in [-0.05, 0) is 74.8 Å². The smallest absolute Gasteiger partial charge is 0.229 e. The Hall–Kier alpha value is -3.83. The zero-order valence-corrected chi connectivity index (χ0v) is 30.1. The number of nitrogens with zero attached hydrogens (tertiary/aromatic N) is 7. The fraction of sp³-hybridized carbons (Fsp3) is 0.429. The lowest BCUT2D eigenvalue weighted by Gasteiger charge is -2.43. The van der Waals surface area contributed by atoms with Gasteiger partial charge < -0.3 is 29.7 Å². The summed E-state index contributed by atoms with van der Waals surface area (Å²) in [4.78, 5) is 26.4. The van der Waals surface area contributed by atoms with Crippen LogP contribution in [0.1, 0.15) is 25.3 Å². The number of rotatable bonds is 9. The van der Waals surface area contributed by atoms with Crippen molar-refractivity contribution < 1.29 is 9.30 Å². The van der Waals surface area contributed by atoms with E-state index in [1.165, 1.54) is 37.2 Å². The molecular weight excluding hydrogens is 641 g/mol. The first-order chi connectivity index (χ1) is 23.2. The summed E-state index contributed by atoms with van der Waals surface area (Å²) in [6, 6.07) is 10.8. The van der Waals surface area contributed by atoms with Crippen molar-refractivity contribution in [3.05, 3.63) is 53.7 Å². The summed E-state index contributed by atoms with van der Waals surface area (Å²) >= 11 is 1.56. The van der Waals surface area contributed by atoms with Crippen LogP contribution in [0.15, 0.2) is 48.1 Å². The molecule has 0 bridgehead atoms. The molecule has 0 spiro atoms. The quantitative estimate of drug-likeness (QED) is 0.174. The van der Waals surface area contributed by atoms with Crippen molar-refractivity contribution in [2.75, 3.05) is 82.3 Å². The van der Waals surface area contributed by atoms with Gasteiger partial charge in [0.1, 0.15) is 18.4 Å². The Bertz CT molecular complexity index is 1980. The van der Waals surface area contributed by atoms with Crippen LogP contribution in [-0.2, 0) is 11.0 Å². The zero-order valence-electron chi connectivity index (χ0n) is 28.4. The van der Waals surface area contributed by atoms with Gasteiger partial charge in [-0.1, -0.05) is 6.92 Å². The standard InChI is InChI=1S/C35H44N9O2PS/c1-6-23-21-28(30(46-3)22-29(23)44-14-9-24(10-15-44)43-18-16-42(2)17-19-43)40-35-39-27-11-20-48-33(27)34(41-35)38-26-8-7-25-31(37-13-12-36-25)32(26)47(4,5)45/h7-8,11-13,20-22,24H,6,9-10,14-19H2,1-5H3,(H2,38,39,40,41). The maximum absolute atomic E-state index is 13.6. The lowest BCUT2D eigenvalue weighted by atomic mass is 9.99. The van der Waals surface area contributed by atoms with Crippen molar-refractivity contribution in [1.29, 1.82) is 0 Å². The minimum Gasteiger partial charge on any atom is -0.494 e. The van der Waals surface area contributed by atoms with E-state index in [4.69, 9.17) is 14.7 Å². The SMILES string of the molecule is CCc1cc(Nc2nc(Nc3ccc4nccnc4c3P(C)(C)=O)c3sccc3n2)c(OC)cc1N1CCC(N2CCN(C)CC2)CC1. The van der Waals surface area contributed by atoms with Crippen LogP contribution in [0.25, 0.3) is 21.3 Å². The molecule has 11 nitrogen and oxygen atoms in total. The Kier molecular flexibility index (Phi) is 9.26. The molecule has 252 valence electrons. The molecule has 2 aliphatic rings. The van der Waals surface area contributed by atoms with Crippen molar-refractivity contribution in [2.24, 2.45) is 0 Å². The van der Waals surface area contributed by atoms with Crippen molar-refractivity contribution in [3.8, 4) is 5.75 Å². The number of thiophene rings is 1. The molecule has 2 N–H and O–H groups in total. The van der Waals surface area contributed by atoms with E-state index in [0.29, 0.717) is 39.8 Å². The number of benzene rings is 2. The summed E-state index contributed by atoms with van der Waals surface area (Å²) in [6.07, 6.45) is 6.53. The highest BCUT2D eigenvalue weighted by atomic mass is 32.1. The minimum atomic E-state index is -2.75. The van der Waals surface area contributed by atoms with Crippen molar-refractivity contribution in [2.45, 2.75) is 32.2 Å². The second-order valence-corrected chi connectivity index (χ2v) is 17.2. The first-order valence-corrected chi connectivity index (χ1v) is 20.2. The molecule has 0 radical (unpaired) electrons. The highest BCUT2D eigenvalue weighted by molar-refractivity contribution is 7.71. The molecule has 0 atom stereocenters. The summed E-state index contributed by atoms with van der Waals surface area (Å²) < 4.78 is 20.4. The lowest BCUT2D eigenvalue weighted by molar-refractivity contribution is 0.0982. The van der Waals surface area contributed by atoms with Gasteiger partial charge in [0.25, 0.3) is 0 Å². The van der Waals surface area contributed by atoms with Crippen LogP contribution in [0.3, 0.4) is 0 Å². The monoisotopic (exact) mass is 685 g/mol. The third-order valence-corrected chi connectivity index (χ3v) is 12.0. The summed E-state index contributed by atoms with van der Waals surface area (Å²) in [7, 11) is 1.18. The predicted molar refractivity (Wildman–Crippen MR) is 199 cm³/mol. The van der Waals surface area contributed by atoms with Crippen LogP contribution in [0, 0.1) is 0 Å². The Labute approximate surface area is 286 Å². The largest absolute Gasteiger partial charge is 0.494 e. The van der Waals surface area contributed by atoms with E-state index in [2.05, 4.69) is 61.4 Å². The molecule has 5 heterocycles. The van der Waals surface area contributed by atoms with Gasteiger partial charge in [0.2, 0.25) is 5.95 Å². The van der Waals surface area contributed by atoms with Crippen molar-refractivity contribution >= 4 is 73.9 Å². The Morgan fingerprint density at radius 1 is 0.938 bits per heavy atom. The second kappa shape index (κ2) is 13.6. The van der Waals surface area contributed by atoms with Crippen LogP contribution in [0.4, 0.5) is 28.8 Å². The van der Waals surface area contributed by atoms with E-state index in [1.54, 1.807) is 44.2 Å². The number of piperidine rings is 1. The highest BCUT2D eigenvalue weighted by Crippen LogP contribution is 2.42. The maximum atomic E-state index is 13.6. The molecule has 2 fully saturated rings. The minimum absolute atomic E-state index is 0.447. The van der Waals surface area contributed by atoms with Crippen LogP contribution >= 0.6 is 18.5 Å². The number of nitrogens with one attached hydrogen (secondary N) is 2. The molecule has 2 aliphatic heterocycles. The number of fused-ring (bicyclic) bond motifs is 2. The third-order valence-electron chi connectivity index (χ3n) is 9.60. The highest BCUT2D eigenvalue weighted by Gasteiger charge is 2.28. The first-order valence-electron chi connectivity index (χ1n) is 16.7. The summed E-state index contributed by atoms with van der Waals surface area (Å²) in [5.41, 5.74) is 6.16. The zero-order chi connectivity index (χ0) is 33.4. The van der Waals surface area contributed by atoms with E-state index in [-0.39, 0.29) is 0 Å². The maximum Gasteiger partial charge on any atom is 0.229 e. The summed E-state index contributed by atoms with van der Waals surface area (Å²) in [5, 5.41) is 9.63. The number of piperazine rings is 1. The Balaban J connectivity index is 1.16. The van der Waals surface area contributed by atoms with Crippen LogP contribution < -0.4 is 25.6 Å². The van der Waals surface area contributed by atoms with E-state index in [1.807, 2.05) is 23.6 Å². The summed E-state index contributed by atoms with van der Waals surface area (Å²) in [5.74, 6) is 1.83. The fourth-order valence-corrected chi connectivity index (χ4v) is 9.21. The van der Waals surface area contributed by atoms with Crippen LogP contribution in [0.5, 0.6) is 5.75 Å². The number of methoxy groups -OCH3 is 1. The number of anilines is 5. The van der Waals surface area contributed by atoms with E-state index in [9.17, 15) is 4.57 Å². The van der Waals surface area contributed by atoms with E-state index in [0.717, 1.165) is 54.3 Å². The molecule has 0 amide bonds. The number of ether oxygens (including phenoxy) is 1. The molecular formula is C35H44N9O2PS. The predicted octanol–water partition coefficient (Wildman–Crippen LogP) is 6.16. The van der Waals surface area contributed by atoms with Gasteiger partial charge in [-0.2, -0.15) is 4.98 Å². The molecule has 13 heteroatoms. The number of aromatic nitrogens is 4. The molecule has 48 heavy (non-hydrogen) atoms. The Morgan fingerprint density at radius 3 is 2.44 bits per heavy atom. The molecule has 2 saturated heterocycles. The second-order valence-electron chi connectivity index (χ2n) is 13.1. The molecule has 5 aromatic rings. The first kappa shape index (κ1) is 32.7. The van der Waals surface area contributed by atoms with E-state index < -0.39 is 7.14 Å². The van der Waals surface area contributed by atoms with Crippen molar-refractivity contribution in [1.82, 2.24) is 29.7 Å². The van der Waals surface area contributed by atoms with Crippen molar-refractivity contribution in [3.63, 3.8) is 0 Å². The summed E-state index contributed by atoms with van der Waals surface area (Å²) in [6.45, 7) is 12.4. The molecule has 2 aromatic carbocycles. The molecule has 0 saturated carbocycles. The van der Waals surface area contributed by atoms with Gasteiger partial charge in [0, 0.05) is 69.5 Å². The van der Waals surface area contributed by atoms with Gasteiger partial charge in [-0.15, -0.1) is 11.3 Å². The van der Waals surface area contributed by atoms with E-state index >= 15 is 0 Å². The van der Waals surface area contributed by atoms with Crippen LogP contribution in [0.2, 0.25) is 0 Å². The average molecular weight is 686 g/mol. The molecule has 0 unspecified atom stereocenters. The molecule has 0 aliphatic carbocycles. The van der Waals surface area contributed by atoms with Crippen LogP contribution in [-0.4, -0.2) is 103 Å². The van der Waals surface area contributed by atoms with Gasteiger partial charge >= 0.3 is 0 Å². The number of hydrogen-bond donors (Lipinski definition) is 2. The van der Waals surface area contributed by atoms with Gasteiger partial charge in [-0.3, -0.25) is 14.9 Å². The van der Waals surface area contributed by atoms with Gasteiger partial charge in [0.15, 0.2) is 5.82 Å². The molecule has 3 aromatic heterocycles. The topological polar surface area (TPSA) is 112 Å².